The molecule has 0 saturated carbocycles. The SMILES string of the molecule is Cc1ccc2cc(CCC(=O)NCCc3ncc4ccccn34)c(=O)[nH]c2c1. The highest BCUT2D eigenvalue weighted by molar-refractivity contribution is 5.80. The average molecular weight is 374 g/mol. The number of pyridine rings is 2. The number of amides is 1. The van der Waals surface area contributed by atoms with Crippen LogP contribution >= 0.6 is 0 Å². The molecule has 0 bridgehead atoms. The number of nitrogens with zero attached hydrogens (tertiary/aromatic N) is 2. The second-order valence-corrected chi connectivity index (χ2v) is 6.98. The molecule has 0 saturated heterocycles. The van der Waals surface area contributed by atoms with Gasteiger partial charge in [-0.15, -0.1) is 0 Å². The van der Waals surface area contributed by atoms with Gasteiger partial charge in [0.2, 0.25) is 5.91 Å². The summed E-state index contributed by atoms with van der Waals surface area (Å²) in [6.07, 6.45) is 5.14. The molecular weight excluding hydrogens is 352 g/mol. The number of rotatable bonds is 6. The number of benzene rings is 1. The first-order chi connectivity index (χ1) is 13.6. The molecule has 4 aromatic rings. The first-order valence-electron chi connectivity index (χ1n) is 9.40. The van der Waals surface area contributed by atoms with Gasteiger partial charge in [-0.05, 0) is 48.6 Å². The maximum absolute atomic E-state index is 12.3. The van der Waals surface area contributed by atoms with Gasteiger partial charge in [-0.25, -0.2) is 4.98 Å². The van der Waals surface area contributed by atoms with Crippen molar-refractivity contribution in [3.05, 3.63) is 82.2 Å². The molecule has 0 aliphatic heterocycles. The number of aromatic nitrogens is 3. The fraction of sp³-hybridized carbons (Fsp3) is 0.227. The van der Waals surface area contributed by atoms with Crippen molar-refractivity contribution in [2.24, 2.45) is 0 Å². The number of H-pyrrole nitrogens is 1. The van der Waals surface area contributed by atoms with E-state index in [1.54, 1.807) is 0 Å². The van der Waals surface area contributed by atoms with Crippen molar-refractivity contribution in [2.45, 2.75) is 26.2 Å². The minimum Gasteiger partial charge on any atom is -0.356 e. The molecule has 6 nitrogen and oxygen atoms in total. The second kappa shape index (κ2) is 7.68. The van der Waals surface area contributed by atoms with Crippen LogP contribution in [-0.4, -0.2) is 26.8 Å². The maximum Gasteiger partial charge on any atom is 0.251 e. The lowest BCUT2D eigenvalue weighted by atomic mass is 10.1. The molecule has 2 N–H and O–H groups in total. The lowest BCUT2D eigenvalue weighted by Crippen LogP contribution is -2.27. The molecular formula is C22H22N4O2. The predicted molar refractivity (Wildman–Crippen MR) is 110 cm³/mol. The third-order valence-electron chi connectivity index (χ3n) is 4.89. The molecule has 0 spiro atoms. The van der Waals surface area contributed by atoms with E-state index in [4.69, 9.17) is 0 Å². The molecule has 0 radical (unpaired) electrons. The smallest absolute Gasteiger partial charge is 0.251 e. The Hall–Kier alpha value is -3.41. The van der Waals surface area contributed by atoms with Gasteiger partial charge in [-0.2, -0.15) is 0 Å². The Morgan fingerprint density at radius 1 is 1.18 bits per heavy atom. The maximum atomic E-state index is 12.3. The molecule has 28 heavy (non-hydrogen) atoms. The molecule has 1 aromatic carbocycles. The van der Waals surface area contributed by atoms with Gasteiger partial charge in [0, 0.05) is 36.7 Å². The molecule has 0 atom stereocenters. The van der Waals surface area contributed by atoms with E-state index in [1.807, 2.05) is 66.2 Å². The average Bonchev–Trinajstić information content (AvgIpc) is 3.09. The van der Waals surface area contributed by atoms with Crippen molar-refractivity contribution in [1.29, 1.82) is 0 Å². The quantitative estimate of drug-likeness (QED) is 0.545. The molecule has 4 rings (SSSR count). The number of aryl methyl sites for hydroxylation is 2. The Labute approximate surface area is 162 Å². The van der Waals surface area contributed by atoms with Gasteiger partial charge >= 0.3 is 0 Å². The van der Waals surface area contributed by atoms with Crippen molar-refractivity contribution in [1.82, 2.24) is 19.7 Å². The van der Waals surface area contributed by atoms with E-state index in [1.165, 1.54) is 0 Å². The second-order valence-electron chi connectivity index (χ2n) is 6.98. The van der Waals surface area contributed by atoms with Crippen LogP contribution in [0.5, 0.6) is 0 Å². The molecule has 1 amide bonds. The van der Waals surface area contributed by atoms with Crippen molar-refractivity contribution < 1.29 is 4.79 Å². The van der Waals surface area contributed by atoms with E-state index in [2.05, 4.69) is 15.3 Å². The number of carbonyl (C=O) groups excluding carboxylic acids is 1. The molecule has 142 valence electrons. The number of aromatic amines is 1. The van der Waals surface area contributed by atoms with E-state index in [0.29, 0.717) is 24.9 Å². The van der Waals surface area contributed by atoms with Crippen LogP contribution in [0.3, 0.4) is 0 Å². The predicted octanol–water partition coefficient (Wildman–Crippen LogP) is 2.78. The van der Waals surface area contributed by atoms with Crippen LogP contribution in [0.2, 0.25) is 0 Å². The van der Waals surface area contributed by atoms with Gasteiger partial charge in [0.15, 0.2) is 0 Å². The Morgan fingerprint density at radius 3 is 2.96 bits per heavy atom. The normalized spacial score (nSPS) is 11.2. The highest BCUT2D eigenvalue weighted by Crippen LogP contribution is 2.13. The zero-order valence-electron chi connectivity index (χ0n) is 15.7. The number of hydrogen-bond donors (Lipinski definition) is 2. The molecule has 3 heterocycles. The molecule has 6 heteroatoms. The van der Waals surface area contributed by atoms with Gasteiger partial charge in [0.1, 0.15) is 5.82 Å². The number of imidazole rings is 1. The van der Waals surface area contributed by atoms with Gasteiger partial charge in [-0.1, -0.05) is 18.2 Å². The number of nitrogens with one attached hydrogen (secondary N) is 2. The zero-order valence-corrected chi connectivity index (χ0v) is 15.7. The van der Waals surface area contributed by atoms with Gasteiger partial charge in [-0.3, -0.25) is 9.59 Å². The molecule has 3 aromatic heterocycles. The zero-order chi connectivity index (χ0) is 19.5. The summed E-state index contributed by atoms with van der Waals surface area (Å²) in [5.74, 6) is 0.849. The number of hydrogen-bond acceptors (Lipinski definition) is 3. The summed E-state index contributed by atoms with van der Waals surface area (Å²) in [4.78, 5) is 31.7. The summed E-state index contributed by atoms with van der Waals surface area (Å²) in [6.45, 7) is 2.50. The van der Waals surface area contributed by atoms with E-state index < -0.39 is 0 Å². The minimum absolute atomic E-state index is 0.0655. The van der Waals surface area contributed by atoms with Gasteiger partial charge in [0.25, 0.3) is 5.56 Å². The fourth-order valence-corrected chi connectivity index (χ4v) is 3.38. The van der Waals surface area contributed by atoms with Crippen LogP contribution in [0.1, 0.15) is 23.4 Å². The Kier molecular flexibility index (Phi) is 4.93. The summed E-state index contributed by atoms with van der Waals surface area (Å²) in [7, 11) is 0. The largest absolute Gasteiger partial charge is 0.356 e. The Balaban J connectivity index is 1.33. The lowest BCUT2D eigenvalue weighted by molar-refractivity contribution is -0.121. The summed E-state index contributed by atoms with van der Waals surface area (Å²) in [5.41, 5.74) is 3.46. The first-order valence-corrected chi connectivity index (χ1v) is 9.40. The summed E-state index contributed by atoms with van der Waals surface area (Å²) >= 11 is 0. The number of fused-ring (bicyclic) bond motifs is 2. The molecule has 0 aliphatic rings. The van der Waals surface area contributed by atoms with Crippen LogP contribution in [0, 0.1) is 6.92 Å². The number of carbonyl (C=O) groups is 1. The van der Waals surface area contributed by atoms with Crippen molar-refractivity contribution in [3.63, 3.8) is 0 Å². The molecule has 0 unspecified atom stereocenters. The molecule has 0 aliphatic carbocycles. The summed E-state index contributed by atoms with van der Waals surface area (Å²) in [6, 6.07) is 13.7. The van der Waals surface area contributed by atoms with Gasteiger partial charge in [0.05, 0.1) is 11.7 Å². The van der Waals surface area contributed by atoms with E-state index in [0.717, 1.165) is 27.8 Å². The van der Waals surface area contributed by atoms with E-state index in [9.17, 15) is 9.59 Å². The van der Waals surface area contributed by atoms with Crippen LogP contribution in [0.25, 0.3) is 16.4 Å². The fourth-order valence-electron chi connectivity index (χ4n) is 3.38. The van der Waals surface area contributed by atoms with E-state index >= 15 is 0 Å². The third kappa shape index (κ3) is 3.81. The van der Waals surface area contributed by atoms with Gasteiger partial charge < -0.3 is 14.7 Å². The van der Waals surface area contributed by atoms with Crippen molar-refractivity contribution in [2.75, 3.05) is 6.54 Å². The lowest BCUT2D eigenvalue weighted by Gasteiger charge is -2.06. The summed E-state index contributed by atoms with van der Waals surface area (Å²) in [5, 5.41) is 3.89. The third-order valence-corrected chi connectivity index (χ3v) is 4.89. The highest BCUT2D eigenvalue weighted by atomic mass is 16.1. The van der Waals surface area contributed by atoms with Crippen molar-refractivity contribution in [3.8, 4) is 0 Å². The Morgan fingerprint density at radius 2 is 2.07 bits per heavy atom. The monoisotopic (exact) mass is 374 g/mol. The van der Waals surface area contributed by atoms with Crippen LogP contribution < -0.4 is 10.9 Å². The minimum atomic E-state index is -0.130. The highest BCUT2D eigenvalue weighted by Gasteiger charge is 2.08. The summed E-state index contributed by atoms with van der Waals surface area (Å²) < 4.78 is 2.02. The van der Waals surface area contributed by atoms with Crippen molar-refractivity contribution >= 4 is 22.3 Å². The first kappa shape index (κ1) is 18.0. The Bertz CT molecular complexity index is 1210. The topological polar surface area (TPSA) is 79.3 Å². The standard InChI is InChI=1S/C22H22N4O2/c1-15-5-6-16-13-17(22(28)25-19(16)12-15)7-8-21(27)23-10-9-20-24-14-18-4-2-3-11-26(18)20/h2-6,11-14H,7-10H2,1H3,(H,23,27)(H,25,28). The van der Waals surface area contributed by atoms with Crippen LogP contribution in [0.15, 0.2) is 59.7 Å². The molecule has 0 fully saturated rings. The van der Waals surface area contributed by atoms with Crippen LogP contribution in [-0.2, 0) is 17.6 Å². The van der Waals surface area contributed by atoms with E-state index in [-0.39, 0.29) is 17.9 Å². The van der Waals surface area contributed by atoms with Crippen LogP contribution in [0.4, 0.5) is 0 Å².